The summed E-state index contributed by atoms with van der Waals surface area (Å²) in [5.74, 6) is 0.408. The maximum absolute atomic E-state index is 13.4. The Hall–Kier alpha value is -0.880. The summed E-state index contributed by atoms with van der Waals surface area (Å²) >= 11 is 3.32. The smallest absolute Gasteiger partial charge is 0.124 e. The predicted molar refractivity (Wildman–Crippen MR) is 78.1 cm³/mol. The molecule has 0 radical (unpaired) electrons. The van der Waals surface area contributed by atoms with Gasteiger partial charge in [0.05, 0.1) is 11.5 Å². The second-order valence-electron chi connectivity index (χ2n) is 5.72. The Bertz CT molecular complexity index is 474. The van der Waals surface area contributed by atoms with Crippen LogP contribution in [0.1, 0.15) is 44.6 Å². The monoisotopic (exact) mass is 323 g/mol. The topological polar surface area (TPSA) is 23.8 Å². The number of nitrogens with zero attached hydrogens (tertiary/aromatic N) is 1. The van der Waals surface area contributed by atoms with E-state index in [0.717, 1.165) is 35.7 Å². The summed E-state index contributed by atoms with van der Waals surface area (Å²) in [6, 6.07) is 7.47. The molecule has 2 rings (SSSR count). The van der Waals surface area contributed by atoms with E-state index in [9.17, 15) is 9.65 Å². The maximum atomic E-state index is 13.4. The lowest BCUT2D eigenvalue weighted by molar-refractivity contribution is 0.194. The van der Waals surface area contributed by atoms with Crippen molar-refractivity contribution < 1.29 is 4.39 Å². The molecule has 1 aliphatic carbocycles. The Morgan fingerprint density at radius 3 is 2.89 bits per heavy atom. The van der Waals surface area contributed by atoms with Crippen molar-refractivity contribution in [3.05, 3.63) is 34.1 Å². The summed E-state index contributed by atoms with van der Waals surface area (Å²) in [4.78, 5) is 0. The van der Waals surface area contributed by atoms with Gasteiger partial charge in [0.25, 0.3) is 0 Å². The van der Waals surface area contributed by atoms with E-state index in [-0.39, 0.29) is 11.2 Å². The van der Waals surface area contributed by atoms with Crippen LogP contribution >= 0.6 is 15.9 Å². The van der Waals surface area contributed by atoms with Gasteiger partial charge < -0.3 is 0 Å². The highest BCUT2D eigenvalue weighted by Crippen LogP contribution is 2.42. The first kappa shape index (κ1) is 14.5. The molecule has 0 saturated heterocycles. The number of rotatable bonds is 3. The molecule has 0 amide bonds. The molecular formula is C16H19BrFN. The van der Waals surface area contributed by atoms with E-state index >= 15 is 0 Å². The summed E-state index contributed by atoms with van der Waals surface area (Å²) in [5, 5.41) is 9.60. The molecule has 102 valence electrons. The molecule has 0 bridgehead atoms. The van der Waals surface area contributed by atoms with Crippen molar-refractivity contribution in [2.75, 3.05) is 0 Å². The molecule has 2 unspecified atom stereocenters. The van der Waals surface area contributed by atoms with Gasteiger partial charge >= 0.3 is 0 Å². The average Bonchev–Trinajstić information content (AvgIpc) is 2.37. The van der Waals surface area contributed by atoms with Gasteiger partial charge in [-0.25, -0.2) is 4.39 Å². The van der Waals surface area contributed by atoms with Gasteiger partial charge in [-0.1, -0.05) is 42.1 Å². The van der Waals surface area contributed by atoms with Gasteiger partial charge in [-0.15, -0.1) is 0 Å². The fraction of sp³-hybridized carbons (Fsp3) is 0.562. The van der Waals surface area contributed by atoms with E-state index in [1.54, 1.807) is 6.07 Å². The number of nitriles is 1. The molecule has 1 aliphatic rings. The van der Waals surface area contributed by atoms with Crippen LogP contribution in [-0.4, -0.2) is 0 Å². The summed E-state index contributed by atoms with van der Waals surface area (Å²) in [6.45, 7) is 2.19. The molecule has 0 aromatic heterocycles. The van der Waals surface area contributed by atoms with Crippen molar-refractivity contribution in [1.82, 2.24) is 0 Å². The second kappa shape index (κ2) is 6.05. The van der Waals surface area contributed by atoms with E-state index in [4.69, 9.17) is 0 Å². The van der Waals surface area contributed by atoms with Crippen LogP contribution in [0.15, 0.2) is 22.7 Å². The highest BCUT2D eigenvalue weighted by molar-refractivity contribution is 9.10. The van der Waals surface area contributed by atoms with Crippen LogP contribution in [0.25, 0.3) is 0 Å². The highest BCUT2D eigenvalue weighted by atomic mass is 79.9. The van der Waals surface area contributed by atoms with E-state index in [1.807, 2.05) is 6.07 Å². The van der Waals surface area contributed by atoms with Crippen LogP contribution < -0.4 is 0 Å². The summed E-state index contributed by atoms with van der Waals surface area (Å²) < 4.78 is 14.2. The Labute approximate surface area is 123 Å². The lowest BCUT2D eigenvalue weighted by atomic mass is 9.67. The first-order chi connectivity index (χ1) is 9.07. The third-order valence-corrected chi connectivity index (χ3v) is 4.68. The van der Waals surface area contributed by atoms with Crippen LogP contribution in [0.3, 0.4) is 0 Å². The fourth-order valence-electron chi connectivity index (χ4n) is 3.24. The van der Waals surface area contributed by atoms with Crippen molar-refractivity contribution in [2.24, 2.45) is 11.3 Å². The summed E-state index contributed by atoms with van der Waals surface area (Å²) in [5.41, 5.74) is 0.622. The van der Waals surface area contributed by atoms with Gasteiger partial charge in [-0.2, -0.15) is 5.26 Å². The van der Waals surface area contributed by atoms with E-state index in [0.29, 0.717) is 12.3 Å². The Morgan fingerprint density at radius 2 is 2.26 bits per heavy atom. The van der Waals surface area contributed by atoms with Gasteiger partial charge in [0.1, 0.15) is 5.82 Å². The van der Waals surface area contributed by atoms with Gasteiger partial charge in [0.15, 0.2) is 0 Å². The molecule has 0 aliphatic heterocycles. The van der Waals surface area contributed by atoms with Crippen LogP contribution in [0, 0.1) is 28.5 Å². The largest absolute Gasteiger partial charge is 0.207 e. The predicted octanol–water partition coefficient (Wildman–Crippen LogP) is 5.24. The first-order valence-electron chi connectivity index (χ1n) is 6.93. The molecule has 3 heteroatoms. The van der Waals surface area contributed by atoms with Crippen molar-refractivity contribution in [1.29, 1.82) is 5.26 Å². The third kappa shape index (κ3) is 3.57. The van der Waals surface area contributed by atoms with Crippen LogP contribution in [-0.2, 0) is 6.42 Å². The molecule has 0 spiro atoms. The SMILES string of the molecule is CCC1CCCC(C#N)(Cc2cc(F)cc(Br)c2)C1. The zero-order valence-corrected chi connectivity index (χ0v) is 12.8. The number of halogens is 2. The van der Waals surface area contributed by atoms with Crippen LogP contribution in [0.5, 0.6) is 0 Å². The van der Waals surface area contributed by atoms with Crippen molar-refractivity contribution in [3.63, 3.8) is 0 Å². The van der Waals surface area contributed by atoms with E-state index in [2.05, 4.69) is 28.9 Å². The molecule has 1 nitrogen and oxygen atoms in total. The van der Waals surface area contributed by atoms with Gasteiger partial charge in [-0.3, -0.25) is 0 Å². The zero-order chi connectivity index (χ0) is 13.9. The second-order valence-corrected chi connectivity index (χ2v) is 6.63. The molecule has 1 saturated carbocycles. The quantitative estimate of drug-likeness (QED) is 0.746. The minimum absolute atomic E-state index is 0.236. The van der Waals surface area contributed by atoms with Gasteiger partial charge in [0, 0.05) is 4.47 Å². The third-order valence-electron chi connectivity index (χ3n) is 4.23. The normalized spacial score (nSPS) is 26.9. The summed E-state index contributed by atoms with van der Waals surface area (Å²) in [6.07, 6.45) is 6.03. The van der Waals surface area contributed by atoms with Crippen LogP contribution in [0.4, 0.5) is 4.39 Å². The Kier molecular flexibility index (Phi) is 4.62. The highest BCUT2D eigenvalue weighted by Gasteiger charge is 2.36. The zero-order valence-electron chi connectivity index (χ0n) is 11.3. The number of hydrogen-bond acceptors (Lipinski definition) is 1. The Balaban J connectivity index is 2.20. The number of hydrogen-bond donors (Lipinski definition) is 0. The summed E-state index contributed by atoms with van der Waals surface area (Å²) in [7, 11) is 0. The van der Waals surface area contributed by atoms with Crippen molar-refractivity contribution >= 4 is 15.9 Å². The van der Waals surface area contributed by atoms with Gasteiger partial charge in [-0.05, 0) is 48.9 Å². The molecular weight excluding hydrogens is 305 g/mol. The number of benzene rings is 1. The molecule has 1 aromatic carbocycles. The van der Waals surface area contributed by atoms with Crippen molar-refractivity contribution in [2.45, 2.75) is 45.4 Å². The maximum Gasteiger partial charge on any atom is 0.124 e. The standard InChI is InChI=1S/C16H19BrFN/c1-2-12-4-3-5-16(9-12,11-19)10-13-6-14(17)8-15(18)7-13/h6-8,12H,2-5,9-10H2,1H3. The molecule has 19 heavy (non-hydrogen) atoms. The molecule has 2 atom stereocenters. The molecule has 0 heterocycles. The minimum atomic E-state index is -0.299. The lowest BCUT2D eigenvalue weighted by Gasteiger charge is -2.35. The minimum Gasteiger partial charge on any atom is -0.207 e. The Morgan fingerprint density at radius 1 is 1.47 bits per heavy atom. The fourth-order valence-corrected chi connectivity index (χ4v) is 3.75. The van der Waals surface area contributed by atoms with E-state index < -0.39 is 0 Å². The van der Waals surface area contributed by atoms with Gasteiger partial charge in [0.2, 0.25) is 0 Å². The van der Waals surface area contributed by atoms with Crippen molar-refractivity contribution in [3.8, 4) is 6.07 Å². The molecule has 0 N–H and O–H groups in total. The first-order valence-corrected chi connectivity index (χ1v) is 7.72. The molecule has 1 fully saturated rings. The average molecular weight is 324 g/mol. The lowest BCUT2D eigenvalue weighted by Crippen LogP contribution is -2.29. The van der Waals surface area contributed by atoms with E-state index in [1.165, 1.54) is 12.5 Å². The van der Waals surface area contributed by atoms with Crippen LogP contribution in [0.2, 0.25) is 0 Å². The molecule has 1 aromatic rings.